The van der Waals surface area contributed by atoms with E-state index in [2.05, 4.69) is 0 Å². The van der Waals surface area contributed by atoms with E-state index in [1.165, 1.54) is 37.4 Å². The van der Waals surface area contributed by atoms with E-state index in [9.17, 15) is 22.8 Å². The third-order valence-corrected chi connectivity index (χ3v) is 8.27. The number of rotatable bonds is 11. The highest BCUT2D eigenvalue weighted by molar-refractivity contribution is 7.90. The Morgan fingerprint density at radius 3 is 2.44 bits per heavy atom. The molecule has 0 atom stereocenters. The molecule has 1 aliphatic carbocycles. The van der Waals surface area contributed by atoms with Gasteiger partial charge in [0.15, 0.2) is 20.8 Å². The average molecular weight is 607 g/mol. The molecule has 0 radical (unpaired) electrons. The first kappa shape index (κ1) is 30.0. The third kappa shape index (κ3) is 6.95. The summed E-state index contributed by atoms with van der Waals surface area (Å²) in [6, 6.07) is 19.3. The Kier molecular flexibility index (Phi) is 8.93. The molecule has 0 aliphatic heterocycles. The van der Waals surface area contributed by atoms with Crippen LogP contribution in [0.1, 0.15) is 28.8 Å². The van der Waals surface area contributed by atoms with Crippen molar-refractivity contribution in [3.05, 3.63) is 94.1 Å². The van der Waals surface area contributed by atoms with Gasteiger partial charge in [-0.25, -0.2) is 13.2 Å². The van der Waals surface area contributed by atoms with Gasteiger partial charge in [0, 0.05) is 12.3 Å². The van der Waals surface area contributed by atoms with Gasteiger partial charge in [-0.1, -0.05) is 36.4 Å². The molecular formula is C32H30O10S. The molecule has 1 aliphatic rings. The van der Waals surface area contributed by atoms with E-state index in [1.807, 2.05) is 30.3 Å². The van der Waals surface area contributed by atoms with Crippen molar-refractivity contribution < 1.29 is 41.4 Å². The van der Waals surface area contributed by atoms with Crippen molar-refractivity contribution in [3.63, 3.8) is 0 Å². The number of benzene rings is 3. The van der Waals surface area contributed by atoms with Crippen LogP contribution in [0.15, 0.2) is 86.9 Å². The quantitative estimate of drug-likeness (QED) is 0.176. The number of hydrogen-bond acceptors (Lipinski definition) is 10. The van der Waals surface area contributed by atoms with Crippen LogP contribution in [0.4, 0.5) is 0 Å². The molecule has 1 heterocycles. The molecule has 11 heteroatoms. The lowest BCUT2D eigenvalue weighted by atomic mass is 9.82. The van der Waals surface area contributed by atoms with Crippen molar-refractivity contribution in [2.45, 2.75) is 30.4 Å². The fraction of sp³-hybridized carbons (Fsp3) is 0.281. The Bertz CT molecular complexity index is 1810. The Morgan fingerprint density at radius 1 is 0.953 bits per heavy atom. The maximum absolute atomic E-state index is 13.1. The Morgan fingerprint density at radius 2 is 1.72 bits per heavy atom. The van der Waals surface area contributed by atoms with Gasteiger partial charge in [0.2, 0.25) is 0 Å². The lowest BCUT2D eigenvalue weighted by Crippen LogP contribution is -2.37. The molecular weight excluding hydrogens is 576 g/mol. The molecule has 0 unspecified atom stereocenters. The molecule has 4 aromatic rings. The van der Waals surface area contributed by atoms with Crippen molar-refractivity contribution in [2.24, 2.45) is 5.92 Å². The van der Waals surface area contributed by atoms with Gasteiger partial charge in [0.25, 0.3) is 0 Å². The predicted molar refractivity (Wildman–Crippen MR) is 157 cm³/mol. The van der Waals surface area contributed by atoms with E-state index in [4.69, 9.17) is 23.4 Å². The number of sulfone groups is 1. The van der Waals surface area contributed by atoms with Crippen LogP contribution >= 0.6 is 0 Å². The van der Waals surface area contributed by atoms with Crippen LogP contribution in [0.2, 0.25) is 0 Å². The van der Waals surface area contributed by atoms with E-state index in [0.717, 1.165) is 11.8 Å². The molecule has 224 valence electrons. The van der Waals surface area contributed by atoms with E-state index in [0.29, 0.717) is 18.4 Å². The minimum absolute atomic E-state index is 0.0143. The zero-order chi connectivity index (χ0) is 30.6. The van der Waals surface area contributed by atoms with Gasteiger partial charge in [-0.3, -0.25) is 9.59 Å². The number of methoxy groups -OCH3 is 1. The van der Waals surface area contributed by atoms with Crippen LogP contribution in [-0.4, -0.2) is 53.0 Å². The molecule has 0 amide bonds. The van der Waals surface area contributed by atoms with E-state index in [-0.39, 0.29) is 70.7 Å². The number of esters is 2. The fourth-order valence-electron chi connectivity index (χ4n) is 4.76. The molecule has 1 fully saturated rings. The molecule has 0 spiro atoms. The molecule has 5 rings (SSSR count). The summed E-state index contributed by atoms with van der Waals surface area (Å²) in [7, 11) is -2.23. The van der Waals surface area contributed by atoms with E-state index >= 15 is 0 Å². The highest BCUT2D eigenvalue weighted by atomic mass is 32.2. The second-order valence-electron chi connectivity index (χ2n) is 10.2. The van der Waals surface area contributed by atoms with Crippen LogP contribution < -0.4 is 10.2 Å². The van der Waals surface area contributed by atoms with Gasteiger partial charge >= 0.3 is 11.9 Å². The Hall–Kier alpha value is -4.48. The normalized spacial score (nSPS) is 16.3. The topological polar surface area (TPSA) is 135 Å². The van der Waals surface area contributed by atoms with Crippen molar-refractivity contribution in [1.29, 1.82) is 0 Å². The Balaban J connectivity index is 1.40. The summed E-state index contributed by atoms with van der Waals surface area (Å²) in [5, 5.41) is 0.187. The highest BCUT2D eigenvalue weighted by Crippen LogP contribution is 2.35. The SMILES string of the molecule is COC(=O)[C@H]1C[C@@H](OCCOc2cc(S(C)(=O)=O)ccc2-c2cc(=O)c3cccc(C(=O)OCc4ccccc4)c3o2)C1. The largest absolute Gasteiger partial charge is 0.490 e. The van der Waals surface area contributed by atoms with Crippen LogP contribution in [0.3, 0.4) is 0 Å². The number of para-hydroxylation sites is 1. The molecule has 10 nitrogen and oxygen atoms in total. The third-order valence-electron chi connectivity index (χ3n) is 7.16. The van der Waals surface area contributed by atoms with Crippen molar-refractivity contribution >= 4 is 32.7 Å². The summed E-state index contributed by atoms with van der Waals surface area (Å²) in [4.78, 5) is 37.8. The smallest absolute Gasteiger partial charge is 0.342 e. The van der Waals surface area contributed by atoms with E-state index in [1.54, 1.807) is 12.1 Å². The first-order chi connectivity index (χ1) is 20.6. The minimum atomic E-state index is -3.58. The van der Waals surface area contributed by atoms with E-state index < -0.39 is 21.2 Å². The molecule has 0 N–H and O–H groups in total. The minimum Gasteiger partial charge on any atom is -0.490 e. The van der Waals surface area contributed by atoms with Gasteiger partial charge in [-0.05, 0) is 48.7 Å². The lowest BCUT2D eigenvalue weighted by Gasteiger charge is -2.32. The summed E-state index contributed by atoms with van der Waals surface area (Å²) >= 11 is 0. The number of carbonyl (C=O) groups is 2. The van der Waals surface area contributed by atoms with Gasteiger partial charge in [-0.2, -0.15) is 0 Å². The van der Waals surface area contributed by atoms with Gasteiger partial charge in [0.05, 0.1) is 41.6 Å². The fourth-order valence-corrected chi connectivity index (χ4v) is 5.39. The standard InChI is InChI=1S/C32H30O10S/c1-38-31(34)21-15-22(16-21)39-13-14-40-28-17-23(43(2,36)37)11-12-25(28)29-18-27(33)24-9-6-10-26(30(24)42-29)32(35)41-19-20-7-4-3-5-8-20/h3-12,17-18,21-22H,13-16,19H2,1-2H3/t21-,22+. The molecule has 0 bridgehead atoms. The zero-order valence-corrected chi connectivity index (χ0v) is 24.4. The second kappa shape index (κ2) is 12.8. The van der Waals surface area contributed by atoms with Gasteiger partial charge in [-0.15, -0.1) is 0 Å². The van der Waals surface area contributed by atoms with Crippen LogP contribution in [0, 0.1) is 5.92 Å². The summed E-state index contributed by atoms with van der Waals surface area (Å²) in [5.74, 6) is -0.870. The van der Waals surface area contributed by atoms with Crippen molar-refractivity contribution in [2.75, 3.05) is 26.6 Å². The molecule has 1 aromatic heterocycles. The maximum Gasteiger partial charge on any atom is 0.342 e. The Labute approximate surface area is 248 Å². The lowest BCUT2D eigenvalue weighted by molar-refractivity contribution is -0.155. The second-order valence-corrected chi connectivity index (χ2v) is 12.2. The molecule has 3 aromatic carbocycles. The summed E-state index contributed by atoms with van der Waals surface area (Å²) in [6.45, 7) is 0.284. The number of carbonyl (C=O) groups excluding carboxylic acids is 2. The number of ether oxygens (including phenoxy) is 4. The summed E-state index contributed by atoms with van der Waals surface area (Å²) < 4.78 is 52.6. The number of hydrogen-bond donors (Lipinski definition) is 0. The number of fused-ring (bicyclic) bond motifs is 1. The van der Waals surface area contributed by atoms with Crippen LogP contribution in [0.5, 0.6) is 5.75 Å². The first-order valence-corrected chi connectivity index (χ1v) is 15.5. The predicted octanol–water partition coefficient (Wildman–Crippen LogP) is 4.57. The summed E-state index contributed by atoms with van der Waals surface area (Å²) in [6.07, 6.45) is 2.08. The monoisotopic (exact) mass is 606 g/mol. The van der Waals surface area contributed by atoms with Gasteiger partial charge < -0.3 is 23.4 Å². The zero-order valence-electron chi connectivity index (χ0n) is 23.6. The molecule has 0 saturated heterocycles. The molecule has 1 saturated carbocycles. The average Bonchev–Trinajstić information content (AvgIpc) is 2.98. The van der Waals surface area contributed by atoms with Crippen molar-refractivity contribution in [3.8, 4) is 17.1 Å². The summed E-state index contributed by atoms with van der Waals surface area (Å²) in [5.41, 5.74) is 0.820. The van der Waals surface area contributed by atoms with Crippen molar-refractivity contribution in [1.82, 2.24) is 0 Å². The molecule has 43 heavy (non-hydrogen) atoms. The van der Waals surface area contributed by atoms with Gasteiger partial charge in [0.1, 0.15) is 30.3 Å². The first-order valence-electron chi connectivity index (χ1n) is 13.6. The highest BCUT2D eigenvalue weighted by Gasteiger charge is 2.35. The van der Waals surface area contributed by atoms with Crippen LogP contribution in [0.25, 0.3) is 22.3 Å². The van der Waals surface area contributed by atoms with Crippen LogP contribution in [-0.2, 0) is 35.4 Å². The maximum atomic E-state index is 13.1.